The molecule has 26 heavy (non-hydrogen) atoms. The second-order valence-corrected chi connectivity index (χ2v) is 6.23. The summed E-state index contributed by atoms with van der Waals surface area (Å²) in [7, 11) is 0. The lowest BCUT2D eigenvalue weighted by atomic mass is 10.2. The van der Waals surface area contributed by atoms with E-state index in [9.17, 15) is 4.79 Å². The Morgan fingerprint density at radius 3 is 2.65 bits per heavy atom. The molecule has 1 heterocycles. The number of ether oxygens (including phenoxy) is 2. The Morgan fingerprint density at radius 1 is 1.04 bits per heavy atom. The summed E-state index contributed by atoms with van der Waals surface area (Å²) in [6, 6.07) is 14.1. The van der Waals surface area contributed by atoms with Crippen LogP contribution in [-0.2, 0) is 4.79 Å². The fourth-order valence-corrected chi connectivity index (χ4v) is 2.65. The maximum atomic E-state index is 11.9. The Hall–Kier alpha value is -2.50. The monoisotopic (exact) mass is 390 g/mol. The van der Waals surface area contributed by atoms with E-state index in [-0.39, 0.29) is 12.5 Å². The summed E-state index contributed by atoms with van der Waals surface area (Å²) in [6.45, 7) is 0.595. The minimum absolute atomic E-state index is 0.117. The Balaban J connectivity index is 1.46. The largest absolute Gasteiger partial charge is 0.492 e. The average Bonchev–Trinajstić information content (AvgIpc) is 2.66. The van der Waals surface area contributed by atoms with Crippen LogP contribution in [0.4, 0.5) is 0 Å². The first kappa shape index (κ1) is 18.3. The van der Waals surface area contributed by atoms with E-state index in [1.807, 2.05) is 6.07 Å². The summed E-state index contributed by atoms with van der Waals surface area (Å²) in [5.74, 6) is 0.958. The van der Waals surface area contributed by atoms with Gasteiger partial charge in [-0.25, -0.2) is 0 Å². The molecule has 2 aromatic carbocycles. The molecule has 5 nitrogen and oxygen atoms in total. The number of aromatic nitrogens is 1. The molecule has 0 saturated carbocycles. The van der Waals surface area contributed by atoms with Crippen LogP contribution >= 0.6 is 23.2 Å². The van der Waals surface area contributed by atoms with E-state index < -0.39 is 0 Å². The molecule has 0 radical (unpaired) electrons. The van der Waals surface area contributed by atoms with E-state index in [1.54, 1.807) is 48.7 Å². The van der Waals surface area contributed by atoms with Crippen LogP contribution in [0.1, 0.15) is 0 Å². The number of pyridine rings is 1. The van der Waals surface area contributed by atoms with Crippen LogP contribution < -0.4 is 14.8 Å². The molecule has 134 valence electrons. The van der Waals surface area contributed by atoms with E-state index in [0.717, 1.165) is 5.39 Å². The lowest BCUT2D eigenvalue weighted by molar-refractivity contribution is -0.123. The van der Waals surface area contributed by atoms with Gasteiger partial charge in [0, 0.05) is 16.6 Å². The predicted molar refractivity (Wildman–Crippen MR) is 102 cm³/mol. The summed E-state index contributed by atoms with van der Waals surface area (Å²) >= 11 is 11.9. The van der Waals surface area contributed by atoms with Gasteiger partial charge in [-0.1, -0.05) is 23.2 Å². The number of hydrogen-bond donors (Lipinski definition) is 1. The van der Waals surface area contributed by atoms with Gasteiger partial charge < -0.3 is 14.8 Å². The van der Waals surface area contributed by atoms with Crippen molar-refractivity contribution >= 4 is 40.0 Å². The third-order valence-corrected chi connectivity index (χ3v) is 4.13. The smallest absolute Gasteiger partial charge is 0.258 e. The zero-order valence-electron chi connectivity index (χ0n) is 13.7. The van der Waals surface area contributed by atoms with Crippen LogP contribution in [-0.4, -0.2) is 30.6 Å². The van der Waals surface area contributed by atoms with E-state index in [2.05, 4.69) is 10.3 Å². The Kier molecular flexibility index (Phi) is 6.15. The van der Waals surface area contributed by atoms with Crippen molar-refractivity contribution in [3.8, 4) is 11.5 Å². The Morgan fingerprint density at radius 2 is 1.85 bits per heavy atom. The van der Waals surface area contributed by atoms with Gasteiger partial charge in [-0.15, -0.1) is 0 Å². The van der Waals surface area contributed by atoms with Gasteiger partial charge in [-0.3, -0.25) is 9.78 Å². The van der Waals surface area contributed by atoms with Crippen molar-refractivity contribution in [3.63, 3.8) is 0 Å². The average molecular weight is 391 g/mol. The molecular formula is C19H16Cl2N2O3. The minimum atomic E-state index is -0.247. The lowest BCUT2D eigenvalue weighted by Crippen LogP contribution is -2.32. The molecule has 0 atom stereocenters. The predicted octanol–water partition coefficient (Wildman–Crippen LogP) is 4.12. The maximum Gasteiger partial charge on any atom is 0.258 e. The van der Waals surface area contributed by atoms with Gasteiger partial charge in [0.2, 0.25) is 0 Å². The Bertz CT molecular complexity index is 901. The third-order valence-electron chi connectivity index (χ3n) is 3.54. The Labute approximate surface area is 160 Å². The van der Waals surface area contributed by atoms with Crippen LogP contribution in [0.2, 0.25) is 10.0 Å². The van der Waals surface area contributed by atoms with E-state index in [4.69, 9.17) is 32.7 Å². The molecule has 7 heteroatoms. The highest BCUT2D eigenvalue weighted by molar-refractivity contribution is 6.35. The molecule has 0 bridgehead atoms. The van der Waals surface area contributed by atoms with Crippen molar-refractivity contribution in [2.45, 2.75) is 0 Å². The van der Waals surface area contributed by atoms with Crippen molar-refractivity contribution in [2.75, 3.05) is 19.8 Å². The van der Waals surface area contributed by atoms with Crippen molar-refractivity contribution in [1.82, 2.24) is 10.3 Å². The third kappa shape index (κ3) is 4.77. The highest BCUT2D eigenvalue weighted by atomic mass is 35.5. The summed E-state index contributed by atoms with van der Waals surface area (Å²) in [6.07, 6.45) is 1.65. The van der Waals surface area contributed by atoms with Crippen molar-refractivity contribution in [1.29, 1.82) is 0 Å². The number of carbonyl (C=O) groups excluding carboxylic acids is 1. The molecule has 0 aliphatic heterocycles. The topological polar surface area (TPSA) is 60.5 Å². The summed E-state index contributed by atoms with van der Waals surface area (Å²) in [5.41, 5.74) is 0.624. The highest BCUT2D eigenvalue weighted by Gasteiger charge is 2.09. The SMILES string of the molecule is O=C(COc1ccc(Cl)c2cccnc12)NCCOc1ccc(Cl)cc1. The first-order valence-corrected chi connectivity index (χ1v) is 8.70. The molecule has 1 N–H and O–H groups in total. The van der Waals surface area contributed by atoms with Gasteiger partial charge in [0.25, 0.3) is 5.91 Å². The number of fused-ring (bicyclic) bond motifs is 1. The van der Waals surface area contributed by atoms with Crippen LogP contribution in [0, 0.1) is 0 Å². The number of halogens is 2. The number of hydrogen-bond acceptors (Lipinski definition) is 4. The standard InChI is InChI=1S/C19H16Cl2N2O3/c20-13-3-5-14(6-4-13)25-11-10-22-18(24)12-26-17-8-7-16(21)15-2-1-9-23-19(15)17/h1-9H,10-12H2,(H,22,24). The first-order valence-electron chi connectivity index (χ1n) is 7.94. The summed E-state index contributed by atoms with van der Waals surface area (Å²) < 4.78 is 11.1. The quantitative estimate of drug-likeness (QED) is 0.616. The zero-order valence-corrected chi connectivity index (χ0v) is 15.3. The fourth-order valence-electron chi connectivity index (χ4n) is 2.31. The molecule has 0 aliphatic rings. The second-order valence-electron chi connectivity index (χ2n) is 5.39. The summed E-state index contributed by atoms with van der Waals surface area (Å²) in [4.78, 5) is 16.2. The van der Waals surface area contributed by atoms with Gasteiger partial charge >= 0.3 is 0 Å². The molecule has 0 spiro atoms. The molecule has 0 aliphatic carbocycles. The van der Waals surface area contributed by atoms with Crippen LogP contribution in [0.25, 0.3) is 10.9 Å². The zero-order chi connectivity index (χ0) is 18.4. The van der Waals surface area contributed by atoms with Crippen molar-refractivity contribution in [3.05, 3.63) is 64.8 Å². The van der Waals surface area contributed by atoms with Gasteiger partial charge in [0.1, 0.15) is 23.6 Å². The molecule has 0 saturated heterocycles. The van der Waals surface area contributed by atoms with Crippen LogP contribution in [0.3, 0.4) is 0 Å². The number of nitrogens with one attached hydrogen (secondary N) is 1. The van der Waals surface area contributed by atoms with Gasteiger partial charge in [-0.05, 0) is 48.5 Å². The maximum absolute atomic E-state index is 11.9. The number of nitrogens with zero attached hydrogens (tertiary/aromatic N) is 1. The van der Waals surface area contributed by atoms with Crippen LogP contribution in [0.15, 0.2) is 54.7 Å². The molecule has 3 aromatic rings. The molecule has 1 aromatic heterocycles. The van der Waals surface area contributed by atoms with Crippen molar-refractivity contribution < 1.29 is 14.3 Å². The van der Waals surface area contributed by atoms with Gasteiger partial charge in [0.15, 0.2) is 6.61 Å². The molecule has 3 rings (SSSR count). The van der Waals surface area contributed by atoms with Gasteiger partial charge in [0.05, 0.1) is 11.6 Å². The molecule has 0 fully saturated rings. The second kappa shape index (κ2) is 8.74. The molecular weight excluding hydrogens is 375 g/mol. The van der Waals surface area contributed by atoms with Crippen LogP contribution in [0.5, 0.6) is 11.5 Å². The minimum Gasteiger partial charge on any atom is -0.492 e. The number of rotatable bonds is 7. The van der Waals surface area contributed by atoms with Gasteiger partial charge in [-0.2, -0.15) is 0 Å². The highest BCUT2D eigenvalue weighted by Crippen LogP contribution is 2.29. The van der Waals surface area contributed by atoms with E-state index in [0.29, 0.717) is 40.2 Å². The van der Waals surface area contributed by atoms with E-state index >= 15 is 0 Å². The molecule has 0 unspecified atom stereocenters. The number of amides is 1. The number of benzene rings is 2. The van der Waals surface area contributed by atoms with E-state index in [1.165, 1.54) is 0 Å². The summed E-state index contributed by atoms with van der Waals surface area (Å²) in [5, 5.41) is 4.75. The first-order chi connectivity index (χ1) is 12.6. The fraction of sp³-hybridized carbons (Fsp3) is 0.158. The lowest BCUT2D eigenvalue weighted by Gasteiger charge is -2.10. The normalized spacial score (nSPS) is 10.5. The van der Waals surface area contributed by atoms with Crippen molar-refractivity contribution in [2.24, 2.45) is 0 Å². The number of carbonyl (C=O) groups is 1. The molecule has 1 amide bonds.